The van der Waals surface area contributed by atoms with Gasteiger partial charge in [-0.15, -0.1) is 0 Å². The molecule has 39 heavy (non-hydrogen) atoms. The molecule has 3 aromatic carbocycles. The monoisotopic (exact) mass is 592 g/mol. The summed E-state index contributed by atoms with van der Waals surface area (Å²) in [6.07, 6.45) is 1.15. The van der Waals surface area contributed by atoms with Gasteiger partial charge in [0.05, 0.1) is 39.7 Å². The maximum atomic E-state index is 13.7. The fourth-order valence-corrected chi connectivity index (χ4v) is 4.82. The summed E-state index contributed by atoms with van der Waals surface area (Å²) in [6, 6.07) is 14.0. The van der Waals surface area contributed by atoms with E-state index in [-0.39, 0.29) is 29.0 Å². The maximum absolute atomic E-state index is 13.7. The van der Waals surface area contributed by atoms with Gasteiger partial charge in [0.2, 0.25) is 5.75 Å². The van der Waals surface area contributed by atoms with E-state index in [1.54, 1.807) is 45.2 Å². The van der Waals surface area contributed by atoms with E-state index in [1.807, 2.05) is 25.1 Å². The van der Waals surface area contributed by atoms with Crippen LogP contribution < -0.4 is 15.0 Å². The highest BCUT2D eigenvalue weighted by Crippen LogP contribution is 2.37. The molecule has 202 valence electrons. The first-order valence-electron chi connectivity index (χ1n) is 12.4. The van der Waals surface area contributed by atoms with Crippen LogP contribution in [0.3, 0.4) is 0 Å². The van der Waals surface area contributed by atoms with Gasteiger partial charge in [0.15, 0.2) is 5.82 Å². The van der Waals surface area contributed by atoms with Gasteiger partial charge in [0, 0.05) is 17.2 Å². The predicted molar refractivity (Wildman–Crippen MR) is 156 cm³/mol. The number of halogens is 1. The van der Waals surface area contributed by atoms with Crippen molar-refractivity contribution < 1.29 is 14.4 Å². The largest absolute Gasteiger partial charge is 0.496 e. The van der Waals surface area contributed by atoms with Crippen molar-refractivity contribution >= 4 is 38.7 Å². The van der Waals surface area contributed by atoms with Crippen LogP contribution >= 0.6 is 15.9 Å². The van der Waals surface area contributed by atoms with Crippen LogP contribution in [0.2, 0.25) is 0 Å². The molecule has 0 unspecified atom stereocenters. The third-order valence-corrected chi connectivity index (χ3v) is 6.70. The van der Waals surface area contributed by atoms with Crippen LogP contribution in [0, 0.1) is 17.0 Å². The summed E-state index contributed by atoms with van der Waals surface area (Å²) >= 11 is 3.38. The number of nitro benzene ring substituents is 1. The predicted octanol–water partition coefficient (Wildman–Crippen LogP) is 6.84. The minimum atomic E-state index is -0.511. The number of ether oxygens (including phenoxy) is 2. The zero-order chi connectivity index (χ0) is 28.4. The number of nitro groups is 1. The summed E-state index contributed by atoms with van der Waals surface area (Å²) in [7, 11) is 1.63. The highest BCUT2D eigenvalue weighted by Gasteiger charge is 2.22. The highest BCUT2D eigenvalue weighted by atomic mass is 79.9. The molecular weight excluding hydrogens is 564 g/mol. The zero-order valence-corrected chi connectivity index (χ0v) is 24.1. The van der Waals surface area contributed by atoms with E-state index in [0.29, 0.717) is 26.8 Å². The van der Waals surface area contributed by atoms with Gasteiger partial charge < -0.3 is 9.47 Å². The standard InChI is InChI=1S/C29H29BrN4O5/c1-16(2)21-14-22(18(5)11-26(21)38-6)28-32-24-10-8-7-9-20(24)29(35)33(28)31-15-19-12-23(30)27(39-17(3)4)25(13-19)34(36)37/h7-17H,1-6H3. The van der Waals surface area contributed by atoms with Crippen LogP contribution in [-0.4, -0.2) is 34.0 Å². The van der Waals surface area contributed by atoms with E-state index in [4.69, 9.17) is 14.5 Å². The topological polar surface area (TPSA) is 109 Å². The summed E-state index contributed by atoms with van der Waals surface area (Å²) in [5.74, 6) is 1.40. The SMILES string of the molecule is COc1cc(C)c(-c2nc3ccccc3c(=O)n2N=Cc2cc(Br)c(OC(C)C)c([N+](=O)[O-])c2)cc1C(C)C. The van der Waals surface area contributed by atoms with Crippen LogP contribution in [0.5, 0.6) is 11.5 Å². The van der Waals surface area contributed by atoms with Gasteiger partial charge in [-0.3, -0.25) is 14.9 Å². The summed E-state index contributed by atoms with van der Waals surface area (Å²) in [6.45, 7) is 9.63. The molecule has 0 aliphatic rings. The Labute approximate surface area is 234 Å². The second kappa shape index (κ2) is 11.4. The molecule has 10 heteroatoms. The summed E-state index contributed by atoms with van der Waals surface area (Å²) in [4.78, 5) is 29.8. The molecule has 0 aliphatic carbocycles. The lowest BCUT2D eigenvalue weighted by atomic mass is 9.96. The van der Waals surface area contributed by atoms with Gasteiger partial charge in [-0.2, -0.15) is 9.78 Å². The van der Waals surface area contributed by atoms with Crippen molar-refractivity contribution in [1.29, 1.82) is 0 Å². The Kier molecular flexibility index (Phi) is 8.15. The molecule has 0 saturated carbocycles. The average Bonchev–Trinajstić information content (AvgIpc) is 2.88. The molecule has 0 saturated heterocycles. The minimum Gasteiger partial charge on any atom is -0.496 e. The zero-order valence-electron chi connectivity index (χ0n) is 22.6. The number of benzene rings is 3. The van der Waals surface area contributed by atoms with Crippen molar-refractivity contribution in [3.63, 3.8) is 0 Å². The van der Waals surface area contributed by atoms with Gasteiger partial charge in [0.25, 0.3) is 5.56 Å². The second-order valence-electron chi connectivity index (χ2n) is 9.65. The average molecular weight is 593 g/mol. The van der Waals surface area contributed by atoms with Gasteiger partial charge >= 0.3 is 5.69 Å². The molecule has 9 nitrogen and oxygen atoms in total. The molecule has 0 spiro atoms. The molecule has 1 aromatic heterocycles. The number of aryl methyl sites for hydroxylation is 1. The smallest absolute Gasteiger partial charge is 0.312 e. The van der Waals surface area contributed by atoms with E-state index in [9.17, 15) is 14.9 Å². The minimum absolute atomic E-state index is 0.132. The third-order valence-electron chi connectivity index (χ3n) is 6.11. The number of fused-ring (bicyclic) bond motifs is 1. The van der Waals surface area contributed by atoms with Crippen LogP contribution in [0.1, 0.15) is 50.3 Å². The first kappa shape index (κ1) is 28.0. The van der Waals surface area contributed by atoms with E-state index in [2.05, 4.69) is 34.9 Å². The molecular formula is C29H29BrN4O5. The Bertz CT molecular complexity index is 1660. The van der Waals surface area contributed by atoms with Crippen LogP contribution in [0.4, 0.5) is 5.69 Å². The fraction of sp³-hybridized carbons (Fsp3) is 0.276. The van der Waals surface area contributed by atoms with E-state index in [1.165, 1.54) is 17.0 Å². The van der Waals surface area contributed by atoms with Crippen LogP contribution in [0.25, 0.3) is 22.3 Å². The Morgan fingerprint density at radius 2 is 1.85 bits per heavy atom. The summed E-state index contributed by atoms with van der Waals surface area (Å²) in [5.41, 5.74) is 2.93. The van der Waals surface area contributed by atoms with E-state index in [0.717, 1.165) is 22.4 Å². The molecule has 1 heterocycles. The van der Waals surface area contributed by atoms with Gasteiger partial charge in [0.1, 0.15) is 5.75 Å². The number of methoxy groups -OCH3 is 1. The van der Waals surface area contributed by atoms with Crippen molar-refractivity contribution in [2.24, 2.45) is 5.10 Å². The number of para-hydroxylation sites is 1. The molecule has 0 N–H and O–H groups in total. The van der Waals surface area contributed by atoms with Gasteiger partial charge in [-0.1, -0.05) is 26.0 Å². The Morgan fingerprint density at radius 1 is 1.13 bits per heavy atom. The molecule has 0 atom stereocenters. The molecule has 4 rings (SSSR count). The maximum Gasteiger partial charge on any atom is 0.312 e. The van der Waals surface area contributed by atoms with Crippen molar-refractivity contribution in [2.75, 3.05) is 7.11 Å². The molecule has 0 radical (unpaired) electrons. The number of hydrogen-bond donors (Lipinski definition) is 0. The first-order chi connectivity index (χ1) is 18.5. The number of nitrogens with zero attached hydrogens (tertiary/aromatic N) is 4. The fourth-order valence-electron chi connectivity index (χ4n) is 4.26. The lowest BCUT2D eigenvalue weighted by molar-refractivity contribution is -0.386. The molecule has 0 bridgehead atoms. The van der Waals surface area contributed by atoms with Crippen molar-refractivity contribution in [3.05, 3.63) is 90.2 Å². The van der Waals surface area contributed by atoms with Crippen molar-refractivity contribution in [1.82, 2.24) is 9.66 Å². The molecule has 0 fully saturated rings. The van der Waals surface area contributed by atoms with E-state index < -0.39 is 4.92 Å². The van der Waals surface area contributed by atoms with Gasteiger partial charge in [-0.25, -0.2) is 4.98 Å². The number of aromatic nitrogens is 2. The van der Waals surface area contributed by atoms with Crippen molar-refractivity contribution in [2.45, 2.75) is 46.6 Å². The van der Waals surface area contributed by atoms with Gasteiger partial charge in [-0.05, 0) is 84.1 Å². The highest BCUT2D eigenvalue weighted by molar-refractivity contribution is 9.10. The summed E-state index contributed by atoms with van der Waals surface area (Å²) < 4.78 is 12.9. The molecule has 0 aliphatic heterocycles. The Hall–Kier alpha value is -4.05. The summed E-state index contributed by atoms with van der Waals surface area (Å²) in [5, 5.41) is 16.7. The Morgan fingerprint density at radius 3 is 2.49 bits per heavy atom. The number of rotatable bonds is 8. The second-order valence-corrected chi connectivity index (χ2v) is 10.5. The normalized spacial score (nSPS) is 11.6. The Balaban J connectivity index is 1.95. The number of hydrogen-bond acceptors (Lipinski definition) is 7. The quantitative estimate of drug-likeness (QED) is 0.126. The van der Waals surface area contributed by atoms with Crippen LogP contribution in [0.15, 0.2) is 62.9 Å². The molecule has 4 aromatic rings. The van der Waals surface area contributed by atoms with Crippen LogP contribution in [-0.2, 0) is 0 Å². The van der Waals surface area contributed by atoms with E-state index >= 15 is 0 Å². The lowest BCUT2D eigenvalue weighted by Gasteiger charge is -2.17. The molecule has 0 amide bonds. The lowest BCUT2D eigenvalue weighted by Crippen LogP contribution is -2.21. The first-order valence-corrected chi connectivity index (χ1v) is 13.2. The third kappa shape index (κ3) is 5.70. The van der Waals surface area contributed by atoms with Crippen molar-refractivity contribution in [3.8, 4) is 22.9 Å².